The minimum absolute atomic E-state index is 0.0308. The highest BCUT2D eigenvalue weighted by molar-refractivity contribution is 5.92. The third kappa shape index (κ3) is 3.16. The van der Waals surface area contributed by atoms with Gasteiger partial charge < -0.3 is 10.6 Å². The van der Waals surface area contributed by atoms with Crippen molar-refractivity contribution in [3.05, 3.63) is 29.6 Å². The number of amides is 1. The zero-order valence-corrected chi connectivity index (χ0v) is 12.4. The van der Waals surface area contributed by atoms with Crippen molar-refractivity contribution in [2.24, 2.45) is 5.73 Å². The van der Waals surface area contributed by atoms with Crippen molar-refractivity contribution >= 4 is 5.91 Å². The standard InChI is InChI=1S/C15H24N4O/c1-3-18(4-2)13-7-8-19(11-13)15(20)14-6-5-12(9-16)10-17-14/h5-6,10,13H,3-4,7-9,11,16H2,1-2H3. The molecule has 5 heteroatoms. The van der Waals surface area contributed by atoms with E-state index in [0.717, 1.165) is 38.2 Å². The zero-order chi connectivity index (χ0) is 14.5. The minimum atomic E-state index is 0.0308. The fourth-order valence-corrected chi connectivity index (χ4v) is 2.80. The second-order valence-electron chi connectivity index (χ2n) is 5.17. The Morgan fingerprint density at radius 2 is 2.20 bits per heavy atom. The molecular weight excluding hydrogens is 252 g/mol. The number of carbonyl (C=O) groups excluding carboxylic acids is 1. The monoisotopic (exact) mass is 276 g/mol. The molecule has 0 saturated carbocycles. The Kier molecular flexibility index (Phi) is 5.09. The van der Waals surface area contributed by atoms with Gasteiger partial charge in [-0.25, -0.2) is 0 Å². The minimum Gasteiger partial charge on any atom is -0.336 e. The van der Waals surface area contributed by atoms with Crippen LogP contribution >= 0.6 is 0 Å². The number of carbonyl (C=O) groups is 1. The van der Waals surface area contributed by atoms with E-state index >= 15 is 0 Å². The summed E-state index contributed by atoms with van der Waals surface area (Å²) in [5.41, 5.74) is 7.00. The summed E-state index contributed by atoms with van der Waals surface area (Å²) in [4.78, 5) is 20.9. The highest BCUT2D eigenvalue weighted by atomic mass is 16.2. The molecule has 1 aromatic rings. The Bertz CT molecular complexity index is 442. The molecule has 1 saturated heterocycles. The normalized spacial score (nSPS) is 18.8. The molecule has 2 heterocycles. The van der Waals surface area contributed by atoms with Crippen LogP contribution in [0.2, 0.25) is 0 Å². The van der Waals surface area contributed by atoms with Crippen molar-refractivity contribution in [1.29, 1.82) is 0 Å². The van der Waals surface area contributed by atoms with Gasteiger partial charge in [-0.15, -0.1) is 0 Å². The molecular formula is C15H24N4O. The summed E-state index contributed by atoms with van der Waals surface area (Å²) in [6.45, 7) is 8.48. The van der Waals surface area contributed by atoms with Gasteiger partial charge in [-0.1, -0.05) is 19.9 Å². The van der Waals surface area contributed by atoms with Gasteiger partial charge in [-0.2, -0.15) is 0 Å². The topological polar surface area (TPSA) is 62.5 Å². The molecule has 1 fully saturated rings. The van der Waals surface area contributed by atoms with E-state index in [9.17, 15) is 4.79 Å². The number of likely N-dealkylation sites (tertiary alicyclic amines) is 1. The predicted molar refractivity (Wildman–Crippen MR) is 79.4 cm³/mol. The lowest BCUT2D eigenvalue weighted by atomic mass is 10.2. The third-order valence-corrected chi connectivity index (χ3v) is 4.06. The number of pyridine rings is 1. The fourth-order valence-electron chi connectivity index (χ4n) is 2.80. The molecule has 1 atom stereocenters. The molecule has 1 amide bonds. The van der Waals surface area contributed by atoms with E-state index in [1.165, 1.54) is 0 Å². The van der Waals surface area contributed by atoms with Crippen LogP contribution in [0.5, 0.6) is 0 Å². The molecule has 2 N–H and O–H groups in total. The average Bonchev–Trinajstić information content (AvgIpc) is 2.97. The predicted octanol–water partition coefficient (Wildman–Crippen LogP) is 1.10. The van der Waals surface area contributed by atoms with Gasteiger partial charge in [-0.3, -0.25) is 14.7 Å². The SMILES string of the molecule is CCN(CC)C1CCN(C(=O)c2ccc(CN)cn2)C1. The Balaban J connectivity index is 2.00. The van der Waals surface area contributed by atoms with E-state index in [1.807, 2.05) is 11.0 Å². The van der Waals surface area contributed by atoms with Crippen LogP contribution in [0.4, 0.5) is 0 Å². The molecule has 0 aromatic carbocycles. The van der Waals surface area contributed by atoms with Crippen molar-refractivity contribution in [3.8, 4) is 0 Å². The van der Waals surface area contributed by atoms with Crippen molar-refractivity contribution in [2.45, 2.75) is 32.9 Å². The average molecular weight is 276 g/mol. The smallest absolute Gasteiger partial charge is 0.272 e. The molecule has 0 bridgehead atoms. The lowest BCUT2D eigenvalue weighted by Crippen LogP contribution is -2.38. The number of nitrogens with zero attached hydrogens (tertiary/aromatic N) is 3. The largest absolute Gasteiger partial charge is 0.336 e. The highest BCUT2D eigenvalue weighted by Gasteiger charge is 2.30. The van der Waals surface area contributed by atoms with Crippen LogP contribution in [0.1, 0.15) is 36.3 Å². The second-order valence-corrected chi connectivity index (χ2v) is 5.17. The van der Waals surface area contributed by atoms with E-state index in [-0.39, 0.29) is 5.91 Å². The summed E-state index contributed by atoms with van der Waals surface area (Å²) in [5.74, 6) is 0.0308. The molecule has 1 aliphatic rings. The van der Waals surface area contributed by atoms with Crippen LogP contribution in [0.15, 0.2) is 18.3 Å². The van der Waals surface area contributed by atoms with Gasteiger partial charge in [0.1, 0.15) is 5.69 Å². The Hall–Kier alpha value is -1.46. The maximum absolute atomic E-state index is 12.4. The summed E-state index contributed by atoms with van der Waals surface area (Å²) in [5, 5.41) is 0. The Morgan fingerprint density at radius 3 is 2.75 bits per heavy atom. The molecule has 1 aliphatic heterocycles. The molecule has 1 unspecified atom stereocenters. The third-order valence-electron chi connectivity index (χ3n) is 4.06. The quantitative estimate of drug-likeness (QED) is 0.874. The number of hydrogen-bond donors (Lipinski definition) is 1. The number of nitrogens with two attached hydrogens (primary N) is 1. The second kappa shape index (κ2) is 6.81. The number of aromatic nitrogens is 1. The molecule has 2 rings (SSSR count). The van der Waals surface area contributed by atoms with Crippen molar-refractivity contribution in [1.82, 2.24) is 14.8 Å². The van der Waals surface area contributed by atoms with Gasteiger partial charge in [-0.05, 0) is 31.1 Å². The first kappa shape index (κ1) is 14.9. The summed E-state index contributed by atoms with van der Waals surface area (Å²) in [6.07, 6.45) is 2.74. The maximum Gasteiger partial charge on any atom is 0.272 e. The van der Waals surface area contributed by atoms with E-state index in [2.05, 4.69) is 23.7 Å². The van der Waals surface area contributed by atoms with Crippen LogP contribution in [0.3, 0.4) is 0 Å². The van der Waals surface area contributed by atoms with Gasteiger partial charge in [0.05, 0.1) is 0 Å². The van der Waals surface area contributed by atoms with E-state index in [1.54, 1.807) is 12.3 Å². The van der Waals surface area contributed by atoms with Crippen molar-refractivity contribution < 1.29 is 4.79 Å². The number of rotatable bonds is 5. The Labute approximate surface area is 120 Å². The van der Waals surface area contributed by atoms with Crippen LogP contribution < -0.4 is 5.73 Å². The molecule has 0 spiro atoms. The summed E-state index contributed by atoms with van der Waals surface area (Å²) >= 11 is 0. The number of hydrogen-bond acceptors (Lipinski definition) is 4. The van der Waals surface area contributed by atoms with Gasteiger partial charge in [0.2, 0.25) is 0 Å². The van der Waals surface area contributed by atoms with Gasteiger partial charge >= 0.3 is 0 Å². The van der Waals surface area contributed by atoms with Crippen molar-refractivity contribution in [2.75, 3.05) is 26.2 Å². The zero-order valence-electron chi connectivity index (χ0n) is 12.4. The molecule has 5 nitrogen and oxygen atoms in total. The van der Waals surface area contributed by atoms with Crippen LogP contribution in [-0.2, 0) is 6.54 Å². The van der Waals surface area contributed by atoms with Crippen LogP contribution in [0.25, 0.3) is 0 Å². The molecule has 0 aliphatic carbocycles. The lowest BCUT2D eigenvalue weighted by molar-refractivity contribution is 0.0772. The van der Waals surface area contributed by atoms with E-state index in [0.29, 0.717) is 18.3 Å². The molecule has 20 heavy (non-hydrogen) atoms. The van der Waals surface area contributed by atoms with Gasteiger partial charge in [0, 0.05) is 31.9 Å². The summed E-state index contributed by atoms with van der Waals surface area (Å²) in [6, 6.07) is 4.13. The van der Waals surface area contributed by atoms with Gasteiger partial charge in [0.25, 0.3) is 5.91 Å². The first-order valence-electron chi connectivity index (χ1n) is 7.37. The Morgan fingerprint density at radius 1 is 1.45 bits per heavy atom. The first-order valence-corrected chi connectivity index (χ1v) is 7.37. The fraction of sp³-hybridized carbons (Fsp3) is 0.600. The van der Waals surface area contributed by atoms with Gasteiger partial charge in [0.15, 0.2) is 0 Å². The summed E-state index contributed by atoms with van der Waals surface area (Å²) < 4.78 is 0. The van der Waals surface area contributed by atoms with Crippen LogP contribution in [0, 0.1) is 0 Å². The molecule has 1 aromatic heterocycles. The summed E-state index contributed by atoms with van der Waals surface area (Å²) in [7, 11) is 0. The van der Waals surface area contributed by atoms with E-state index in [4.69, 9.17) is 5.73 Å². The molecule has 110 valence electrons. The van der Waals surface area contributed by atoms with E-state index < -0.39 is 0 Å². The van der Waals surface area contributed by atoms with Crippen LogP contribution in [-0.4, -0.2) is 52.9 Å². The first-order chi connectivity index (χ1) is 9.69. The number of likely N-dealkylation sites (N-methyl/N-ethyl adjacent to an activating group) is 1. The maximum atomic E-state index is 12.4. The highest BCUT2D eigenvalue weighted by Crippen LogP contribution is 2.17. The molecule has 0 radical (unpaired) electrons. The lowest BCUT2D eigenvalue weighted by Gasteiger charge is -2.26. The van der Waals surface area contributed by atoms with Crippen molar-refractivity contribution in [3.63, 3.8) is 0 Å².